The Hall–Kier alpha value is -0.610. The molecule has 0 spiro atoms. The average molecular weight is 260 g/mol. The van der Waals surface area contributed by atoms with Gasteiger partial charge in [-0.25, -0.2) is 4.39 Å². The SMILES string of the molecule is Nc1ccc(F)c2sc(CBr)cc12. The molecule has 0 aliphatic heterocycles. The van der Waals surface area contributed by atoms with Gasteiger partial charge in [0.05, 0.1) is 4.70 Å². The van der Waals surface area contributed by atoms with Crippen molar-refractivity contribution in [2.45, 2.75) is 5.33 Å². The lowest BCUT2D eigenvalue weighted by Crippen LogP contribution is -1.85. The summed E-state index contributed by atoms with van der Waals surface area (Å²) in [4.78, 5) is 1.09. The normalized spacial score (nSPS) is 10.9. The lowest BCUT2D eigenvalue weighted by Gasteiger charge is -1.95. The third-order valence-electron chi connectivity index (χ3n) is 1.85. The molecule has 1 heterocycles. The summed E-state index contributed by atoms with van der Waals surface area (Å²) in [5.41, 5.74) is 6.36. The highest BCUT2D eigenvalue weighted by Gasteiger charge is 2.07. The van der Waals surface area contributed by atoms with Gasteiger partial charge in [-0.05, 0) is 18.2 Å². The first-order valence-electron chi connectivity index (χ1n) is 3.74. The lowest BCUT2D eigenvalue weighted by atomic mass is 10.2. The standard InChI is InChI=1S/C9H7BrFNS/c10-4-5-3-6-8(12)2-1-7(11)9(6)13-5/h1-3H,4,12H2. The molecule has 0 atom stereocenters. The van der Waals surface area contributed by atoms with Crippen molar-refractivity contribution in [2.24, 2.45) is 0 Å². The summed E-state index contributed by atoms with van der Waals surface area (Å²) in [5.74, 6) is -0.193. The number of nitrogen functional groups attached to an aromatic ring is 1. The number of nitrogens with two attached hydrogens (primary N) is 1. The first kappa shape index (κ1) is 8.97. The lowest BCUT2D eigenvalue weighted by molar-refractivity contribution is 0.642. The van der Waals surface area contributed by atoms with Crippen molar-refractivity contribution in [2.75, 3.05) is 5.73 Å². The van der Waals surface area contributed by atoms with Crippen LogP contribution in [-0.2, 0) is 5.33 Å². The fourth-order valence-corrected chi connectivity index (χ4v) is 2.68. The molecule has 2 rings (SSSR count). The zero-order valence-electron chi connectivity index (χ0n) is 6.68. The van der Waals surface area contributed by atoms with E-state index in [4.69, 9.17) is 5.73 Å². The summed E-state index contributed by atoms with van der Waals surface area (Å²) in [6.45, 7) is 0. The van der Waals surface area contributed by atoms with Gasteiger partial charge in [-0.1, -0.05) is 15.9 Å². The van der Waals surface area contributed by atoms with Crippen LogP contribution in [0, 0.1) is 5.82 Å². The highest BCUT2D eigenvalue weighted by Crippen LogP contribution is 2.32. The summed E-state index contributed by atoms with van der Waals surface area (Å²) in [6.07, 6.45) is 0. The van der Waals surface area contributed by atoms with Crippen LogP contribution in [0.4, 0.5) is 10.1 Å². The van der Waals surface area contributed by atoms with E-state index < -0.39 is 0 Å². The molecule has 1 nitrogen and oxygen atoms in total. The number of benzene rings is 1. The molecule has 2 N–H and O–H groups in total. The van der Waals surface area contributed by atoms with Gasteiger partial charge in [-0.15, -0.1) is 11.3 Å². The fourth-order valence-electron chi connectivity index (χ4n) is 1.23. The van der Waals surface area contributed by atoms with E-state index in [0.717, 1.165) is 15.6 Å². The van der Waals surface area contributed by atoms with Crippen molar-refractivity contribution >= 4 is 43.0 Å². The van der Waals surface area contributed by atoms with Gasteiger partial charge < -0.3 is 5.73 Å². The Morgan fingerprint density at radius 3 is 2.85 bits per heavy atom. The van der Waals surface area contributed by atoms with Crippen LogP contribution in [0.1, 0.15) is 4.88 Å². The minimum atomic E-state index is -0.193. The van der Waals surface area contributed by atoms with Gasteiger partial charge in [-0.3, -0.25) is 0 Å². The van der Waals surface area contributed by atoms with E-state index in [-0.39, 0.29) is 5.82 Å². The highest BCUT2D eigenvalue weighted by atomic mass is 79.9. The molecule has 4 heteroatoms. The third-order valence-corrected chi connectivity index (χ3v) is 3.97. The van der Waals surface area contributed by atoms with Crippen LogP contribution >= 0.6 is 27.3 Å². The maximum Gasteiger partial charge on any atom is 0.141 e. The van der Waals surface area contributed by atoms with E-state index in [0.29, 0.717) is 10.4 Å². The van der Waals surface area contributed by atoms with Gasteiger partial charge in [0, 0.05) is 21.3 Å². The van der Waals surface area contributed by atoms with Gasteiger partial charge in [-0.2, -0.15) is 0 Å². The quantitative estimate of drug-likeness (QED) is 0.616. The molecule has 0 bridgehead atoms. The smallest absolute Gasteiger partial charge is 0.141 e. The number of thiophene rings is 1. The topological polar surface area (TPSA) is 26.0 Å². The minimum Gasteiger partial charge on any atom is -0.398 e. The number of rotatable bonds is 1. The number of hydrogen-bond donors (Lipinski definition) is 1. The third kappa shape index (κ3) is 1.44. The number of hydrogen-bond acceptors (Lipinski definition) is 2. The highest BCUT2D eigenvalue weighted by molar-refractivity contribution is 9.08. The van der Waals surface area contributed by atoms with Gasteiger partial charge >= 0.3 is 0 Å². The Balaban J connectivity index is 2.80. The number of alkyl halides is 1. The van der Waals surface area contributed by atoms with Crippen LogP contribution in [-0.4, -0.2) is 0 Å². The molecular weight excluding hydrogens is 253 g/mol. The zero-order valence-corrected chi connectivity index (χ0v) is 9.08. The molecule has 0 radical (unpaired) electrons. The van der Waals surface area contributed by atoms with Crippen LogP contribution in [0.15, 0.2) is 18.2 Å². The van der Waals surface area contributed by atoms with Gasteiger partial charge in [0.15, 0.2) is 0 Å². The van der Waals surface area contributed by atoms with Crippen molar-refractivity contribution in [3.05, 3.63) is 28.9 Å². The molecule has 2 aromatic rings. The fraction of sp³-hybridized carbons (Fsp3) is 0.111. The van der Waals surface area contributed by atoms with E-state index in [1.165, 1.54) is 17.4 Å². The van der Waals surface area contributed by atoms with E-state index >= 15 is 0 Å². The second-order valence-corrected chi connectivity index (χ2v) is 4.42. The Labute approximate surface area is 87.5 Å². The number of halogens is 2. The van der Waals surface area contributed by atoms with Crippen LogP contribution in [0.5, 0.6) is 0 Å². The molecule has 13 heavy (non-hydrogen) atoms. The monoisotopic (exact) mass is 259 g/mol. The van der Waals surface area contributed by atoms with Crippen molar-refractivity contribution < 1.29 is 4.39 Å². The molecule has 1 aromatic heterocycles. The number of fused-ring (bicyclic) bond motifs is 1. The minimum absolute atomic E-state index is 0.193. The van der Waals surface area contributed by atoms with Crippen LogP contribution in [0.2, 0.25) is 0 Å². The second kappa shape index (κ2) is 3.27. The van der Waals surface area contributed by atoms with Gasteiger partial charge in [0.2, 0.25) is 0 Å². The summed E-state index contributed by atoms with van der Waals surface area (Å²) in [7, 11) is 0. The van der Waals surface area contributed by atoms with E-state index in [1.807, 2.05) is 6.07 Å². The molecule has 0 unspecified atom stereocenters. The molecule has 0 fully saturated rings. The molecule has 0 aliphatic carbocycles. The summed E-state index contributed by atoms with van der Waals surface area (Å²) >= 11 is 4.77. The van der Waals surface area contributed by atoms with E-state index in [2.05, 4.69) is 15.9 Å². The predicted molar refractivity (Wildman–Crippen MR) is 58.8 cm³/mol. The van der Waals surface area contributed by atoms with E-state index in [1.54, 1.807) is 6.07 Å². The Morgan fingerprint density at radius 1 is 1.46 bits per heavy atom. The van der Waals surface area contributed by atoms with Crippen LogP contribution in [0.3, 0.4) is 0 Å². The molecule has 0 amide bonds. The Kier molecular flexibility index (Phi) is 2.26. The summed E-state index contributed by atoms with van der Waals surface area (Å²) < 4.78 is 13.9. The van der Waals surface area contributed by atoms with Crippen molar-refractivity contribution in [1.82, 2.24) is 0 Å². The zero-order chi connectivity index (χ0) is 9.42. The van der Waals surface area contributed by atoms with Gasteiger partial charge in [0.1, 0.15) is 5.82 Å². The summed E-state index contributed by atoms with van der Waals surface area (Å²) in [6, 6.07) is 4.93. The Morgan fingerprint density at radius 2 is 2.23 bits per heavy atom. The van der Waals surface area contributed by atoms with Crippen molar-refractivity contribution in [3.63, 3.8) is 0 Å². The van der Waals surface area contributed by atoms with Crippen molar-refractivity contribution in [3.8, 4) is 0 Å². The molecule has 0 aliphatic rings. The maximum absolute atomic E-state index is 13.3. The van der Waals surface area contributed by atoms with Crippen molar-refractivity contribution in [1.29, 1.82) is 0 Å². The molecule has 68 valence electrons. The first-order valence-corrected chi connectivity index (χ1v) is 5.68. The maximum atomic E-state index is 13.3. The molecule has 0 saturated carbocycles. The second-order valence-electron chi connectivity index (χ2n) is 2.73. The first-order chi connectivity index (χ1) is 6.22. The Bertz CT molecular complexity index is 413. The molecule has 1 aromatic carbocycles. The predicted octanol–water partition coefficient (Wildman–Crippen LogP) is 3.52. The largest absolute Gasteiger partial charge is 0.398 e. The molecule has 0 saturated heterocycles. The van der Waals surface area contributed by atoms with E-state index in [9.17, 15) is 4.39 Å². The number of anilines is 1. The average Bonchev–Trinajstić information content (AvgIpc) is 2.56. The van der Waals surface area contributed by atoms with Crippen LogP contribution < -0.4 is 5.73 Å². The molecular formula is C9H7BrFNS. The summed E-state index contributed by atoms with van der Waals surface area (Å²) in [5, 5.41) is 1.56. The van der Waals surface area contributed by atoms with Crippen LogP contribution in [0.25, 0.3) is 10.1 Å². The van der Waals surface area contributed by atoms with Gasteiger partial charge in [0.25, 0.3) is 0 Å².